The summed E-state index contributed by atoms with van der Waals surface area (Å²) in [5, 5.41) is 2.99. The van der Waals surface area contributed by atoms with Crippen LogP contribution in [0.2, 0.25) is 0 Å². The van der Waals surface area contributed by atoms with Crippen molar-refractivity contribution in [2.24, 2.45) is 11.8 Å². The van der Waals surface area contributed by atoms with E-state index in [0.717, 1.165) is 43.0 Å². The quantitative estimate of drug-likeness (QED) is 0.716. The molecule has 4 atom stereocenters. The number of anilines is 1. The van der Waals surface area contributed by atoms with Crippen molar-refractivity contribution < 1.29 is 4.79 Å². The van der Waals surface area contributed by atoms with E-state index in [4.69, 9.17) is 0 Å². The lowest BCUT2D eigenvalue weighted by atomic mass is 9.69. The molecule has 0 radical (unpaired) electrons. The Kier molecular flexibility index (Phi) is 6.79. The van der Waals surface area contributed by atoms with Gasteiger partial charge in [-0.1, -0.05) is 6.07 Å². The molecule has 0 aromatic carbocycles. The van der Waals surface area contributed by atoms with Crippen molar-refractivity contribution in [3.8, 4) is 0 Å². The van der Waals surface area contributed by atoms with Gasteiger partial charge in [0, 0.05) is 50.2 Å². The van der Waals surface area contributed by atoms with Crippen LogP contribution in [0.25, 0.3) is 0 Å². The fourth-order valence-electron chi connectivity index (χ4n) is 6.52. The number of likely N-dealkylation sites (tertiary alicyclic amines) is 1. The molecule has 5 rings (SSSR count). The van der Waals surface area contributed by atoms with Gasteiger partial charge in [0.15, 0.2) is 0 Å². The Hall–Kier alpha value is -2.31. The van der Waals surface area contributed by atoms with Gasteiger partial charge in [-0.2, -0.15) is 0 Å². The highest BCUT2D eigenvalue weighted by Crippen LogP contribution is 2.43. The van der Waals surface area contributed by atoms with Crippen molar-refractivity contribution in [3.63, 3.8) is 0 Å². The van der Waals surface area contributed by atoms with Crippen molar-refractivity contribution >= 4 is 11.6 Å². The molecule has 6 nitrogen and oxygen atoms in total. The maximum Gasteiger partial charge on any atom is 0.224 e. The van der Waals surface area contributed by atoms with E-state index in [1.807, 2.05) is 30.6 Å². The molecule has 3 saturated heterocycles. The van der Waals surface area contributed by atoms with E-state index in [1.54, 1.807) is 12.4 Å². The van der Waals surface area contributed by atoms with Crippen molar-refractivity contribution in [2.45, 2.75) is 63.6 Å². The van der Waals surface area contributed by atoms with Crippen LogP contribution < -0.4 is 5.32 Å². The van der Waals surface area contributed by atoms with Gasteiger partial charge in [-0.05, 0) is 87.2 Å². The third-order valence-electron chi connectivity index (χ3n) is 7.74. The summed E-state index contributed by atoms with van der Waals surface area (Å²) in [6.07, 6.45) is 15.2. The van der Waals surface area contributed by atoms with E-state index >= 15 is 0 Å². The molecule has 0 spiro atoms. The molecule has 2 aromatic rings. The number of carbonyl (C=O) groups excluding carboxylic acids is 1. The Morgan fingerprint density at radius 1 is 1.06 bits per heavy atom. The number of hydrogen-bond donors (Lipinski definition) is 1. The van der Waals surface area contributed by atoms with Crippen LogP contribution in [0.5, 0.6) is 0 Å². The Morgan fingerprint density at radius 2 is 1.88 bits per heavy atom. The number of rotatable bonds is 7. The van der Waals surface area contributed by atoms with Crippen LogP contribution in [0.15, 0.2) is 49.1 Å². The van der Waals surface area contributed by atoms with Crippen molar-refractivity contribution in [1.29, 1.82) is 0 Å². The molecular weight excluding hydrogens is 398 g/mol. The van der Waals surface area contributed by atoms with Crippen molar-refractivity contribution in [1.82, 2.24) is 19.8 Å². The lowest BCUT2D eigenvalue weighted by Crippen LogP contribution is -2.64. The average molecular weight is 434 g/mol. The van der Waals surface area contributed by atoms with Gasteiger partial charge < -0.3 is 5.32 Å². The summed E-state index contributed by atoms with van der Waals surface area (Å²) < 4.78 is 0. The number of aromatic nitrogens is 2. The van der Waals surface area contributed by atoms with Gasteiger partial charge in [0.25, 0.3) is 0 Å². The molecule has 1 amide bonds. The molecule has 0 saturated carbocycles. The van der Waals surface area contributed by atoms with E-state index < -0.39 is 0 Å². The summed E-state index contributed by atoms with van der Waals surface area (Å²) in [6.45, 7) is 4.71. The van der Waals surface area contributed by atoms with E-state index in [0.29, 0.717) is 12.5 Å². The van der Waals surface area contributed by atoms with Crippen LogP contribution in [0, 0.1) is 11.8 Å². The highest BCUT2D eigenvalue weighted by atomic mass is 16.1. The van der Waals surface area contributed by atoms with Gasteiger partial charge >= 0.3 is 0 Å². The Bertz CT molecular complexity index is 874. The highest BCUT2D eigenvalue weighted by Gasteiger charge is 2.48. The summed E-state index contributed by atoms with van der Waals surface area (Å²) in [5.41, 5.74) is 2.08. The molecule has 6 heteroatoms. The summed E-state index contributed by atoms with van der Waals surface area (Å²) in [5.74, 6) is 1.60. The molecule has 2 aromatic heterocycles. The van der Waals surface area contributed by atoms with E-state index in [1.165, 1.54) is 50.9 Å². The maximum atomic E-state index is 12.5. The second kappa shape index (κ2) is 10.1. The molecule has 32 heavy (non-hydrogen) atoms. The normalized spacial score (nSPS) is 28.1. The Morgan fingerprint density at radius 3 is 2.66 bits per heavy atom. The number of nitrogens with one attached hydrogen (secondary N) is 1. The van der Waals surface area contributed by atoms with E-state index in [-0.39, 0.29) is 5.91 Å². The van der Waals surface area contributed by atoms with Crippen LogP contribution in [0.4, 0.5) is 5.69 Å². The minimum absolute atomic E-state index is 0.0911. The van der Waals surface area contributed by atoms with Crippen LogP contribution in [0.1, 0.15) is 50.5 Å². The number of amides is 1. The van der Waals surface area contributed by atoms with Crippen LogP contribution in [0.3, 0.4) is 0 Å². The summed E-state index contributed by atoms with van der Waals surface area (Å²) in [7, 11) is 0. The first kappa shape index (κ1) is 21.5. The lowest BCUT2D eigenvalue weighted by Gasteiger charge is -2.57. The molecule has 5 heterocycles. The molecule has 170 valence electrons. The zero-order chi connectivity index (χ0) is 21.8. The number of nitrogens with zero attached hydrogens (tertiary/aromatic N) is 4. The van der Waals surface area contributed by atoms with Crippen molar-refractivity contribution in [3.05, 3.63) is 54.6 Å². The minimum atomic E-state index is 0.0911. The summed E-state index contributed by atoms with van der Waals surface area (Å²) in [4.78, 5) is 26.5. The van der Waals surface area contributed by atoms with E-state index in [9.17, 15) is 4.79 Å². The zero-order valence-corrected chi connectivity index (χ0v) is 18.9. The molecule has 0 unspecified atom stereocenters. The number of piperidine rings is 3. The Labute approximate surface area is 191 Å². The average Bonchev–Trinajstić information content (AvgIpc) is 2.82. The molecular formula is C26H35N5O. The summed E-state index contributed by atoms with van der Waals surface area (Å²) in [6, 6.07) is 9.28. The third-order valence-corrected chi connectivity index (χ3v) is 7.74. The van der Waals surface area contributed by atoms with Gasteiger partial charge in [0.05, 0.1) is 11.9 Å². The molecule has 1 N–H and O–H groups in total. The van der Waals surface area contributed by atoms with Gasteiger partial charge in [0.1, 0.15) is 0 Å². The lowest BCUT2D eigenvalue weighted by molar-refractivity contribution is -0.116. The van der Waals surface area contributed by atoms with Gasteiger partial charge in [-0.3, -0.25) is 24.6 Å². The molecule has 3 aliphatic heterocycles. The molecule has 0 bridgehead atoms. The molecule has 0 aliphatic carbocycles. The predicted octanol–water partition coefficient (Wildman–Crippen LogP) is 3.96. The first-order valence-electron chi connectivity index (χ1n) is 12.3. The first-order chi connectivity index (χ1) is 15.8. The molecule has 3 aliphatic rings. The second-order valence-electron chi connectivity index (χ2n) is 9.78. The molecule has 3 fully saturated rings. The van der Waals surface area contributed by atoms with Crippen LogP contribution >= 0.6 is 0 Å². The minimum Gasteiger partial charge on any atom is -0.325 e. The second-order valence-corrected chi connectivity index (χ2v) is 9.78. The smallest absolute Gasteiger partial charge is 0.224 e. The first-order valence-corrected chi connectivity index (χ1v) is 12.3. The monoisotopic (exact) mass is 433 g/mol. The highest BCUT2D eigenvalue weighted by molar-refractivity contribution is 5.90. The number of pyridine rings is 2. The standard InChI is InChI=1S/C26H35N5O/c32-25(29-22-8-3-13-28-17-22)11-1-10-24-23-9-5-15-30-14-4-7-21(26(23)30)19-31(24)18-20-6-2-12-27-16-20/h2-3,6,8,12-13,16-17,21,23-24,26H,1,4-5,7,9-11,14-15,18-19H2,(H,29,32)/t21-,23+,24+,26-/m0/s1. The van der Waals surface area contributed by atoms with Crippen LogP contribution in [-0.2, 0) is 11.3 Å². The third kappa shape index (κ3) is 4.86. The van der Waals surface area contributed by atoms with Crippen LogP contribution in [-0.4, -0.2) is 57.4 Å². The fourth-order valence-corrected chi connectivity index (χ4v) is 6.52. The number of carbonyl (C=O) groups is 1. The summed E-state index contributed by atoms with van der Waals surface area (Å²) >= 11 is 0. The number of hydrogen-bond acceptors (Lipinski definition) is 5. The largest absolute Gasteiger partial charge is 0.325 e. The fraction of sp³-hybridized carbons (Fsp3) is 0.577. The van der Waals surface area contributed by atoms with Gasteiger partial charge in [-0.25, -0.2) is 0 Å². The van der Waals surface area contributed by atoms with Crippen molar-refractivity contribution in [2.75, 3.05) is 25.0 Å². The SMILES string of the molecule is O=C(CCC[C@@H]1[C@H]2CCCN3CCC[C@@H](CN1Cc1cccnc1)[C@@H]23)Nc1cccnc1. The Balaban J connectivity index is 1.26. The van der Waals surface area contributed by atoms with Gasteiger partial charge in [0.2, 0.25) is 5.91 Å². The topological polar surface area (TPSA) is 61.4 Å². The van der Waals surface area contributed by atoms with Gasteiger partial charge in [-0.15, -0.1) is 0 Å². The zero-order valence-electron chi connectivity index (χ0n) is 18.9. The van der Waals surface area contributed by atoms with E-state index in [2.05, 4.69) is 31.2 Å². The predicted molar refractivity (Wildman–Crippen MR) is 126 cm³/mol. The maximum absolute atomic E-state index is 12.5.